The Hall–Kier alpha value is -2.11. The van der Waals surface area contributed by atoms with Gasteiger partial charge in [0, 0.05) is 28.1 Å². The van der Waals surface area contributed by atoms with Crippen LogP contribution >= 0.6 is 15.9 Å². The third-order valence-corrected chi connectivity index (χ3v) is 6.28. The zero-order valence-electron chi connectivity index (χ0n) is 13.7. The van der Waals surface area contributed by atoms with Crippen LogP contribution in [0, 0.1) is 5.92 Å². The first-order valence-corrected chi connectivity index (χ1v) is 9.65. The number of fused-ring (bicyclic) bond motifs is 5. The van der Waals surface area contributed by atoms with Crippen LogP contribution in [0.4, 0.5) is 17.1 Å². The molecule has 0 aromatic heterocycles. The quantitative estimate of drug-likeness (QED) is 0.759. The number of quaternary nitrogens is 1. The van der Waals surface area contributed by atoms with Gasteiger partial charge >= 0.3 is 0 Å². The number of hydrazone groups is 1. The number of hydrogen-bond donors (Lipinski definition) is 1. The largest absolute Gasteiger partial charge is 0.299 e. The van der Waals surface area contributed by atoms with Crippen molar-refractivity contribution in [1.82, 2.24) is 9.91 Å². The molecule has 1 saturated carbocycles. The monoisotopic (exact) mass is 393 g/mol. The van der Waals surface area contributed by atoms with Gasteiger partial charge in [0.15, 0.2) is 17.2 Å². The van der Waals surface area contributed by atoms with E-state index in [1.807, 2.05) is 0 Å². The average molecular weight is 394 g/mol. The summed E-state index contributed by atoms with van der Waals surface area (Å²) in [7, 11) is 0. The second-order valence-corrected chi connectivity index (χ2v) is 8.28. The van der Waals surface area contributed by atoms with Crippen molar-refractivity contribution in [3.63, 3.8) is 0 Å². The van der Waals surface area contributed by atoms with Crippen molar-refractivity contribution >= 4 is 44.9 Å². The minimum atomic E-state index is 0.723. The molecule has 1 fully saturated rings. The van der Waals surface area contributed by atoms with Gasteiger partial charge in [0.2, 0.25) is 0 Å². The standard InChI is InChI=1S/C20H18BrN4/c21-15-6-7-17-18(10-15)25(11-13-4-5-13)9-8-14-2-1-3-16(19(14)25)20-23-22-12-24(17)20/h1-3,6-10,13,22H,4-5,11-12H2/q+1. The molecule has 1 atom stereocenters. The van der Waals surface area contributed by atoms with E-state index in [0.717, 1.165) is 33.9 Å². The number of para-hydroxylation sites is 1. The molecule has 1 N–H and O–H groups in total. The number of amidine groups is 1. The summed E-state index contributed by atoms with van der Waals surface area (Å²) in [5.41, 5.74) is 9.74. The third-order valence-electron chi connectivity index (χ3n) is 5.79. The van der Waals surface area contributed by atoms with Crippen LogP contribution in [0.2, 0.25) is 0 Å². The fourth-order valence-corrected chi connectivity index (χ4v) is 4.88. The fraction of sp³-hybridized carbons (Fsp3) is 0.250. The van der Waals surface area contributed by atoms with Crippen LogP contribution in [0.3, 0.4) is 0 Å². The first kappa shape index (κ1) is 14.1. The minimum absolute atomic E-state index is 0.723. The van der Waals surface area contributed by atoms with Crippen molar-refractivity contribution in [2.75, 3.05) is 18.1 Å². The molecule has 0 amide bonds. The van der Waals surface area contributed by atoms with E-state index in [9.17, 15) is 0 Å². The van der Waals surface area contributed by atoms with Gasteiger partial charge in [-0.05, 0) is 37.1 Å². The van der Waals surface area contributed by atoms with E-state index in [0.29, 0.717) is 0 Å². The minimum Gasteiger partial charge on any atom is -0.299 e. The zero-order valence-corrected chi connectivity index (χ0v) is 15.3. The summed E-state index contributed by atoms with van der Waals surface area (Å²) in [4.78, 5) is 2.32. The summed E-state index contributed by atoms with van der Waals surface area (Å²) >= 11 is 3.71. The average Bonchev–Trinajstić information content (AvgIpc) is 3.18. The number of rotatable bonds is 2. The van der Waals surface area contributed by atoms with Gasteiger partial charge in [0.1, 0.15) is 18.6 Å². The molecule has 0 saturated heterocycles. The summed E-state index contributed by atoms with van der Waals surface area (Å²) in [6.07, 6.45) is 7.39. The van der Waals surface area contributed by atoms with Gasteiger partial charge in [-0.25, -0.2) is 4.48 Å². The Labute approximate surface area is 155 Å². The number of nitrogens with one attached hydrogen (secondary N) is 1. The second-order valence-electron chi connectivity index (χ2n) is 7.37. The molecule has 3 heterocycles. The molecule has 2 aromatic rings. The van der Waals surface area contributed by atoms with E-state index < -0.39 is 0 Å². The normalized spacial score (nSPS) is 25.0. The van der Waals surface area contributed by atoms with E-state index in [-0.39, 0.29) is 0 Å². The number of anilines is 1. The van der Waals surface area contributed by atoms with E-state index in [4.69, 9.17) is 0 Å². The van der Waals surface area contributed by atoms with Crippen LogP contribution < -0.4 is 14.8 Å². The van der Waals surface area contributed by atoms with E-state index in [2.05, 4.69) is 80.0 Å². The zero-order chi connectivity index (χ0) is 16.6. The second kappa shape index (κ2) is 4.74. The first-order chi connectivity index (χ1) is 12.3. The lowest BCUT2D eigenvalue weighted by molar-refractivity contribution is 0.483. The molecule has 0 radical (unpaired) electrons. The van der Waals surface area contributed by atoms with E-state index in [1.54, 1.807) is 0 Å². The van der Waals surface area contributed by atoms with Gasteiger partial charge in [-0.3, -0.25) is 10.3 Å². The predicted octanol–water partition coefficient (Wildman–Crippen LogP) is 4.52. The summed E-state index contributed by atoms with van der Waals surface area (Å²) < 4.78 is 1.95. The third kappa shape index (κ3) is 1.82. The van der Waals surface area contributed by atoms with Gasteiger partial charge in [-0.1, -0.05) is 22.0 Å². The maximum atomic E-state index is 4.65. The molecule has 1 aliphatic carbocycles. The highest BCUT2D eigenvalue weighted by molar-refractivity contribution is 9.10. The highest BCUT2D eigenvalue weighted by Gasteiger charge is 2.49. The summed E-state index contributed by atoms with van der Waals surface area (Å²) in [6.45, 7) is 1.86. The highest BCUT2D eigenvalue weighted by atomic mass is 79.9. The van der Waals surface area contributed by atoms with Crippen molar-refractivity contribution < 1.29 is 0 Å². The predicted molar refractivity (Wildman–Crippen MR) is 106 cm³/mol. The molecular weight excluding hydrogens is 376 g/mol. The molecule has 124 valence electrons. The Morgan fingerprint density at radius 1 is 1.24 bits per heavy atom. The molecule has 6 rings (SSSR count). The number of nitrogens with zero attached hydrogens (tertiary/aromatic N) is 3. The van der Waals surface area contributed by atoms with Crippen LogP contribution in [0.25, 0.3) is 6.08 Å². The fourth-order valence-electron chi connectivity index (χ4n) is 4.53. The molecule has 0 bridgehead atoms. The molecule has 0 spiro atoms. The highest BCUT2D eigenvalue weighted by Crippen LogP contribution is 2.54. The van der Waals surface area contributed by atoms with Crippen LogP contribution in [-0.2, 0) is 0 Å². The lowest BCUT2D eigenvalue weighted by Gasteiger charge is -2.33. The van der Waals surface area contributed by atoms with Crippen molar-refractivity contribution in [2.24, 2.45) is 11.0 Å². The van der Waals surface area contributed by atoms with Gasteiger partial charge in [0.25, 0.3) is 0 Å². The maximum Gasteiger partial charge on any atom is 0.168 e. The maximum absolute atomic E-state index is 4.65. The lowest BCUT2D eigenvalue weighted by atomic mass is 10.0. The van der Waals surface area contributed by atoms with Crippen LogP contribution in [0.5, 0.6) is 0 Å². The summed E-state index contributed by atoms with van der Waals surface area (Å²) in [5.74, 6) is 1.85. The Morgan fingerprint density at radius 3 is 3.04 bits per heavy atom. The lowest BCUT2D eigenvalue weighted by Crippen LogP contribution is -2.39. The topological polar surface area (TPSA) is 27.6 Å². The molecule has 25 heavy (non-hydrogen) atoms. The Bertz CT molecular complexity index is 976. The number of benzene rings is 2. The van der Waals surface area contributed by atoms with Gasteiger partial charge in [-0.15, -0.1) is 0 Å². The van der Waals surface area contributed by atoms with Crippen LogP contribution in [0.1, 0.15) is 24.0 Å². The van der Waals surface area contributed by atoms with E-state index >= 15 is 0 Å². The van der Waals surface area contributed by atoms with Crippen LogP contribution in [-0.4, -0.2) is 19.0 Å². The van der Waals surface area contributed by atoms with Gasteiger partial charge < -0.3 is 0 Å². The Kier molecular flexibility index (Phi) is 2.67. The summed E-state index contributed by atoms with van der Waals surface area (Å²) in [6, 6.07) is 13.3. The molecule has 4 nitrogen and oxygen atoms in total. The van der Waals surface area contributed by atoms with Crippen molar-refractivity contribution in [3.8, 4) is 0 Å². The first-order valence-electron chi connectivity index (χ1n) is 8.85. The van der Waals surface area contributed by atoms with Crippen molar-refractivity contribution in [1.29, 1.82) is 0 Å². The van der Waals surface area contributed by atoms with E-state index in [1.165, 1.54) is 41.0 Å². The SMILES string of the molecule is Brc1ccc2c(c1)[N+]1(CC3CC3)C=Cc3cccc(c31)C1=NNCN12. The van der Waals surface area contributed by atoms with Crippen molar-refractivity contribution in [2.45, 2.75) is 12.8 Å². The van der Waals surface area contributed by atoms with Crippen LogP contribution in [0.15, 0.2) is 52.2 Å². The molecule has 5 heteroatoms. The molecule has 4 aliphatic rings. The smallest absolute Gasteiger partial charge is 0.168 e. The molecule has 1 unspecified atom stereocenters. The molecular formula is C20H18BrN4+. The van der Waals surface area contributed by atoms with Crippen molar-refractivity contribution in [3.05, 3.63) is 58.2 Å². The molecule has 3 aliphatic heterocycles. The Balaban J connectivity index is 1.74. The van der Waals surface area contributed by atoms with Gasteiger partial charge in [-0.2, -0.15) is 5.10 Å². The molecule has 2 aromatic carbocycles. The number of hydrogen-bond acceptors (Lipinski definition) is 3. The Morgan fingerprint density at radius 2 is 2.16 bits per heavy atom. The van der Waals surface area contributed by atoms with Gasteiger partial charge in [0.05, 0.1) is 12.1 Å². The summed E-state index contributed by atoms with van der Waals surface area (Å²) in [5, 5.41) is 4.65. The number of halogens is 1.